The Hall–Kier alpha value is -2.84. The second-order valence-electron chi connectivity index (χ2n) is 7.02. The molecule has 1 amide bonds. The predicted octanol–water partition coefficient (Wildman–Crippen LogP) is 2.86. The molecule has 30 heavy (non-hydrogen) atoms. The number of nitrogens with zero attached hydrogens (tertiary/aromatic N) is 1. The number of hydrogen-bond acceptors (Lipinski definition) is 7. The van der Waals surface area contributed by atoms with Crippen molar-refractivity contribution in [2.45, 2.75) is 29.9 Å². The van der Waals surface area contributed by atoms with Crippen LogP contribution in [0.4, 0.5) is 0 Å². The van der Waals surface area contributed by atoms with E-state index in [0.717, 1.165) is 16.2 Å². The Morgan fingerprint density at radius 2 is 1.70 bits per heavy atom. The van der Waals surface area contributed by atoms with E-state index in [2.05, 4.69) is 0 Å². The van der Waals surface area contributed by atoms with E-state index < -0.39 is 34.9 Å². The van der Waals surface area contributed by atoms with Gasteiger partial charge in [0, 0.05) is 6.42 Å². The lowest BCUT2D eigenvalue weighted by Gasteiger charge is -2.34. The topological polar surface area (TPSA) is 82.1 Å². The van der Waals surface area contributed by atoms with E-state index in [1.807, 2.05) is 60.7 Å². The van der Waals surface area contributed by atoms with Gasteiger partial charge in [-0.15, -0.1) is 11.8 Å². The molecule has 2 aromatic carbocycles. The number of esters is 2. The molecule has 0 radical (unpaired) electrons. The summed E-state index contributed by atoms with van der Waals surface area (Å²) in [6, 6.07) is 18.5. The monoisotopic (exact) mass is 427 g/mol. The Labute approximate surface area is 178 Å². The van der Waals surface area contributed by atoms with Gasteiger partial charge >= 0.3 is 17.7 Å². The summed E-state index contributed by atoms with van der Waals surface area (Å²) in [7, 11) is 0. The van der Waals surface area contributed by atoms with Crippen molar-refractivity contribution < 1.29 is 28.7 Å². The smallest absolute Gasteiger partial charge is 0.376 e. The molecule has 2 fully saturated rings. The zero-order chi connectivity index (χ0) is 21.1. The van der Waals surface area contributed by atoms with Crippen LogP contribution in [0.5, 0.6) is 0 Å². The first kappa shape index (κ1) is 20.4. The lowest BCUT2D eigenvalue weighted by atomic mass is 10.0. The number of carbonyl (C=O) groups excluding carboxylic acids is 3. The van der Waals surface area contributed by atoms with E-state index in [-0.39, 0.29) is 19.4 Å². The number of rotatable bonds is 6. The van der Waals surface area contributed by atoms with Gasteiger partial charge in [0.15, 0.2) is 6.10 Å². The van der Waals surface area contributed by atoms with Crippen molar-refractivity contribution >= 4 is 29.6 Å². The Bertz CT molecular complexity index is 898. The van der Waals surface area contributed by atoms with Gasteiger partial charge in [-0.2, -0.15) is 5.06 Å². The maximum absolute atomic E-state index is 13.4. The molecule has 4 rings (SSSR count). The van der Waals surface area contributed by atoms with Crippen molar-refractivity contribution in [1.29, 1.82) is 0 Å². The molecule has 156 valence electrons. The number of cyclic esters (lactones) is 1. The summed E-state index contributed by atoms with van der Waals surface area (Å²) in [5, 5.41) is 0.432. The molecular formula is C22H21NO6S. The molecule has 2 aliphatic heterocycles. The summed E-state index contributed by atoms with van der Waals surface area (Å²) in [5.41, 5.74) is -0.403. The summed E-state index contributed by atoms with van der Waals surface area (Å²) in [5.74, 6) is -1.82. The third kappa shape index (κ3) is 3.68. The summed E-state index contributed by atoms with van der Waals surface area (Å²) >= 11 is 1.31. The molecule has 2 heterocycles. The molecule has 1 unspecified atom stereocenters. The average molecular weight is 427 g/mol. The molecule has 0 bridgehead atoms. The number of hydrogen-bond donors (Lipinski definition) is 0. The zero-order valence-electron chi connectivity index (χ0n) is 16.4. The van der Waals surface area contributed by atoms with Crippen LogP contribution >= 0.6 is 11.8 Å². The van der Waals surface area contributed by atoms with Crippen molar-refractivity contribution in [3.05, 3.63) is 71.8 Å². The largest absolute Gasteiger partial charge is 0.448 e. The molecule has 0 spiro atoms. The maximum Gasteiger partial charge on any atom is 0.376 e. The number of hydroxylamine groups is 2. The molecule has 2 aromatic rings. The standard InChI is InChI=1S/C22H21NO6S/c1-30-17-14-27-23(20(17)25)22(13-12-18(24)29-22)21(26)28-19(15-8-4-2-5-9-15)16-10-6-3-7-11-16/h2-11,17,19H,12-14H2,1H3/t17-,22?/m0/s1. The Kier molecular flexibility index (Phi) is 5.78. The number of amides is 1. The Morgan fingerprint density at radius 3 is 2.17 bits per heavy atom. The fourth-order valence-corrected chi connectivity index (χ4v) is 4.07. The van der Waals surface area contributed by atoms with Crippen LogP contribution in [0.25, 0.3) is 0 Å². The average Bonchev–Trinajstić information content (AvgIpc) is 3.36. The van der Waals surface area contributed by atoms with E-state index in [9.17, 15) is 14.4 Å². The first-order valence-corrected chi connectivity index (χ1v) is 10.9. The molecule has 2 atom stereocenters. The molecule has 2 aliphatic rings. The van der Waals surface area contributed by atoms with E-state index >= 15 is 0 Å². The summed E-state index contributed by atoms with van der Waals surface area (Å²) in [6.45, 7) is 0.105. The second-order valence-corrected chi connectivity index (χ2v) is 8.06. The first-order chi connectivity index (χ1) is 14.5. The van der Waals surface area contributed by atoms with Crippen LogP contribution < -0.4 is 0 Å². The highest BCUT2D eigenvalue weighted by Crippen LogP contribution is 2.38. The van der Waals surface area contributed by atoms with E-state index in [1.165, 1.54) is 11.8 Å². The van der Waals surface area contributed by atoms with Gasteiger partial charge in [0.05, 0.1) is 13.0 Å². The van der Waals surface area contributed by atoms with Crippen LogP contribution in [-0.4, -0.2) is 46.7 Å². The van der Waals surface area contributed by atoms with Gasteiger partial charge in [0.1, 0.15) is 5.25 Å². The van der Waals surface area contributed by atoms with Crippen LogP contribution in [0, 0.1) is 0 Å². The van der Waals surface area contributed by atoms with Crippen LogP contribution in [0.15, 0.2) is 60.7 Å². The molecule has 7 nitrogen and oxygen atoms in total. The van der Waals surface area contributed by atoms with Crippen LogP contribution in [-0.2, 0) is 28.7 Å². The van der Waals surface area contributed by atoms with Gasteiger partial charge in [-0.05, 0) is 17.4 Å². The van der Waals surface area contributed by atoms with E-state index in [1.54, 1.807) is 6.26 Å². The van der Waals surface area contributed by atoms with Crippen molar-refractivity contribution in [2.24, 2.45) is 0 Å². The molecule has 8 heteroatoms. The zero-order valence-corrected chi connectivity index (χ0v) is 17.2. The molecule has 0 aromatic heterocycles. The molecule has 0 saturated carbocycles. The minimum atomic E-state index is -1.92. The predicted molar refractivity (Wildman–Crippen MR) is 109 cm³/mol. The highest BCUT2D eigenvalue weighted by molar-refractivity contribution is 7.99. The second kappa shape index (κ2) is 8.49. The molecule has 0 N–H and O–H groups in total. The number of ether oxygens (including phenoxy) is 2. The fourth-order valence-electron chi connectivity index (χ4n) is 3.57. The van der Waals surface area contributed by atoms with Gasteiger partial charge in [-0.3, -0.25) is 14.4 Å². The minimum Gasteiger partial charge on any atom is -0.448 e. The molecule has 2 saturated heterocycles. The van der Waals surface area contributed by atoms with Gasteiger partial charge in [-0.1, -0.05) is 60.7 Å². The van der Waals surface area contributed by atoms with E-state index in [4.69, 9.17) is 14.3 Å². The third-order valence-electron chi connectivity index (χ3n) is 5.14. The van der Waals surface area contributed by atoms with Crippen LogP contribution in [0.1, 0.15) is 30.1 Å². The molecule has 0 aliphatic carbocycles. The summed E-state index contributed by atoms with van der Waals surface area (Å²) in [6.07, 6.45) is 1.02. The van der Waals surface area contributed by atoms with Gasteiger partial charge < -0.3 is 9.47 Å². The highest BCUT2D eigenvalue weighted by Gasteiger charge is 2.60. The summed E-state index contributed by atoms with van der Waals surface area (Å²) in [4.78, 5) is 43.6. The van der Waals surface area contributed by atoms with Gasteiger partial charge in [0.2, 0.25) is 0 Å². The minimum absolute atomic E-state index is 0.00643. The first-order valence-electron chi connectivity index (χ1n) is 9.58. The van der Waals surface area contributed by atoms with E-state index in [0.29, 0.717) is 0 Å². The number of carbonyl (C=O) groups is 3. The number of thioether (sulfide) groups is 1. The SMILES string of the molecule is CS[C@H]1CON(C2(C(=O)OC(c3ccccc3)c3ccccc3)CCC(=O)O2)C1=O. The third-order valence-corrected chi connectivity index (χ3v) is 6.05. The van der Waals surface area contributed by atoms with Gasteiger partial charge in [0.25, 0.3) is 5.91 Å². The fraction of sp³-hybridized carbons (Fsp3) is 0.318. The number of benzene rings is 2. The maximum atomic E-state index is 13.4. The quantitative estimate of drug-likeness (QED) is 0.656. The van der Waals surface area contributed by atoms with Crippen molar-refractivity contribution in [2.75, 3.05) is 12.9 Å². The lowest BCUT2D eigenvalue weighted by Crippen LogP contribution is -2.56. The van der Waals surface area contributed by atoms with Crippen molar-refractivity contribution in [3.63, 3.8) is 0 Å². The lowest BCUT2D eigenvalue weighted by molar-refractivity contribution is -0.260. The van der Waals surface area contributed by atoms with Crippen molar-refractivity contribution in [3.8, 4) is 0 Å². The summed E-state index contributed by atoms with van der Waals surface area (Å²) < 4.78 is 11.3. The molecular weight excluding hydrogens is 406 g/mol. The van der Waals surface area contributed by atoms with Crippen LogP contribution in [0.3, 0.4) is 0 Å². The normalized spacial score (nSPS) is 23.7. The highest BCUT2D eigenvalue weighted by atomic mass is 32.2. The Morgan fingerprint density at radius 1 is 1.10 bits per heavy atom. The van der Waals surface area contributed by atoms with Gasteiger partial charge in [-0.25, -0.2) is 4.79 Å². The van der Waals surface area contributed by atoms with Crippen LogP contribution in [0.2, 0.25) is 0 Å². The van der Waals surface area contributed by atoms with Crippen molar-refractivity contribution in [1.82, 2.24) is 5.06 Å². The Balaban J connectivity index is 1.67.